The molecule has 4 rings (SSSR count). The summed E-state index contributed by atoms with van der Waals surface area (Å²) in [6, 6.07) is 8.95. The fourth-order valence-electron chi connectivity index (χ4n) is 8.47. The summed E-state index contributed by atoms with van der Waals surface area (Å²) in [5, 5.41) is 19.7. The molecule has 2 aliphatic heterocycles. The van der Waals surface area contributed by atoms with Crippen molar-refractivity contribution in [2.45, 2.75) is 130 Å². The highest BCUT2D eigenvalue weighted by Crippen LogP contribution is 2.33. The van der Waals surface area contributed by atoms with Gasteiger partial charge < -0.3 is 67.7 Å². The van der Waals surface area contributed by atoms with Crippen molar-refractivity contribution >= 4 is 30.0 Å². The smallest absolute Gasteiger partial charge is 0.410 e. The highest BCUT2D eigenvalue weighted by Gasteiger charge is 2.41. The van der Waals surface area contributed by atoms with E-state index in [9.17, 15) is 34.2 Å². The van der Waals surface area contributed by atoms with Crippen molar-refractivity contribution < 1.29 is 72.1 Å². The van der Waals surface area contributed by atoms with Gasteiger partial charge in [-0.05, 0) is 118 Å². The van der Waals surface area contributed by atoms with Crippen LogP contribution in [0.1, 0.15) is 116 Å². The second-order valence-corrected chi connectivity index (χ2v) is 20.4. The molecule has 19 heteroatoms. The first kappa shape index (κ1) is 59.8. The lowest BCUT2D eigenvalue weighted by Gasteiger charge is -2.44. The number of likely N-dealkylation sites (tertiary alicyclic amines) is 2. The van der Waals surface area contributed by atoms with Crippen LogP contribution in [0.15, 0.2) is 36.4 Å². The second kappa shape index (κ2) is 27.9. The normalized spacial score (nSPS) is 18.2. The highest BCUT2D eigenvalue weighted by molar-refractivity contribution is 5.96. The van der Waals surface area contributed by atoms with Crippen molar-refractivity contribution in [1.29, 1.82) is 0 Å². The maximum atomic E-state index is 13.7. The van der Waals surface area contributed by atoms with E-state index in [1.807, 2.05) is 48.5 Å². The molecule has 0 bridgehead atoms. The first-order chi connectivity index (χ1) is 33.4. The van der Waals surface area contributed by atoms with Crippen LogP contribution in [0.25, 0.3) is 0 Å². The van der Waals surface area contributed by atoms with Gasteiger partial charge in [0.1, 0.15) is 11.2 Å². The molecular formula is C52H82N4O15. The predicted octanol–water partition coefficient (Wildman–Crippen LogP) is 7.25. The molecule has 19 nitrogen and oxygen atoms in total. The number of carboxylic acid groups (broad SMARTS) is 1. The van der Waals surface area contributed by atoms with E-state index in [1.54, 1.807) is 93.2 Å². The monoisotopic (exact) mass is 1000 g/mol. The van der Waals surface area contributed by atoms with Crippen LogP contribution in [0.2, 0.25) is 0 Å². The number of carboxylic acids is 1. The number of carbonyl (C=O) groups excluding carboxylic acids is 4. The largest absolute Gasteiger partial charge is 0.493 e. The van der Waals surface area contributed by atoms with Gasteiger partial charge in [0.05, 0.1) is 45.4 Å². The number of hydrogen-bond acceptors (Lipinski definition) is 14. The third-order valence-electron chi connectivity index (χ3n) is 11.5. The van der Waals surface area contributed by atoms with E-state index in [-0.39, 0.29) is 62.0 Å². The highest BCUT2D eigenvalue weighted by atomic mass is 16.6. The quantitative estimate of drug-likeness (QED) is 0.125. The van der Waals surface area contributed by atoms with Gasteiger partial charge >= 0.3 is 18.2 Å². The number of rotatable bonds is 20. The Bertz CT molecular complexity index is 2030. The summed E-state index contributed by atoms with van der Waals surface area (Å²) in [6.45, 7) is 21.2. The maximum absolute atomic E-state index is 13.7. The molecule has 0 aromatic heterocycles. The van der Waals surface area contributed by atoms with E-state index in [2.05, 4.69) is 0 Å². The Balaban J connectivity index is 0.000000375. The Morgan fingerprint density at radius 2 is 1.01 bits per heavy atom. The predicted molar refractivity (Wildman–Crippen MR) is 267 cm³/mol. The van der Waals surface area contributed by atoms with Crippen LogP contribution >= 0.6 is 0 Å². The summed E-state index contributed by atoms with van der Waals surface area (Å²) in [6.07, 6.45) is 1.18. The van der Waals surface area contributed by atoms with Gasteiger partial charge in [-0.2, -0.15) is 0 Å². The molecule has 400 valence electrons. The Hall–Kier alpha value is -5.53. The second-order valence-electron chi connectivity index (χ2n) is 20.4. The van der Waals surface area contributed by atoms with Gasteiger partial charge in [0.2, 0.25) is 0 Å². The van der Waals surface area contributed by atoms with Crippen molar-refractivity contribution in [1.82, 2.24) is 19.6 Å². The topological polar surface area (TPSA) is 213 Å². The summed E-state index contributed by atoms with van der Waals surface area (Å²) < 4.78 is 43.6. The summed E-state index contributed by atoms with van der Waals surface area (Å²) in [5.74, 6) is -0.459. The van der Waals surface area contributed by atoms with Crippen LogP contribution in [0.3, 0.4) is 0 Å². The van der Waals surface area contributed by atoms with Gasteiger partial charge in [0.15, 0.2) is 23.0 Å². The fraction of sp³-hybridized carbons (Fsp3) is 0.673. The molecule has 2 aromatic rings. The number of benzene rings is 2. The first-order valence-corrected chi connectivity index (χ1v) is 24.4. The van der Waals surface area contributed by atoms with E-state index in [1.165, 1.54) is 12.0 Å². The number of amides is 4. The molecule has 2 saturated heterocycles. The number of methoxy groups -OCH3 is 4. The summed E-state index contributed by atoms with van der Waals surface area (Å²) in [4.78, 5) is 71.4. The Morgan fingerprint density at radius 1 is 0.606 bits per heavy atom. The SMILES string of the molecule is COCCCOc1cc(C(=O)N(C(C)C)C2C[C@H](C(=O)O)CN(C(=O)OC(C)(C)C)C2)ccc1OC.COCCCOc1cc(C(=O)N(C(C)C)C2C[C@H](CO)CN(C(=O)OC(C)(C)C)C2)ccc1OC. The lowest BCUT2D eigenvalue weighted by molar-refractivity contribution is -0.144. The van der Waals surface area contributed by atoms with Crippen molar-refractivity contribution in [2.75, 3.05) is 87.7 Å². The Morgan fingerprint density at radius 3 is 1.37 bits per heavy atom. The van der Waals surface area contributed by atoms with Crippen molar-refractivity contribution in [2.24, 2.45) is 11.8 Å². The van der Waals surface area contributed by atoms with Crippen LogP contribution in [-0.2, 0) is 23.7 Å². The molecule has 71 heavy (non-hydrogen) atoms. The first-order valence-electron chi connectivity index (χ1n) is 24.4. The molecule has 2 fully saturated rings. The fourth-order valence-corrected chi connectivity index (χ4v) is 8.47. The molecule has 4 atom stereocenters. The van der Waals surface area contributed by atoms with E-state index in [0.717, 1.165) is 0 Å². The van der Waals surface area contributed by atoms with Gasteiger partial charge in [0.25, 0.3) is 11.8 Å². The minimum atomic E-state index is -1.01. The van der Waals surface area contributed by atoms with Gasteiger partial charge in [-0.3, -0.25) is 14.4 Å². The maximum Gasteiger partial charge on any atom is 0.410 e. The molecule has 2 unspecified atom stereocenters. The van der Waals surface area contributed by atoms with Crippen molar-refractivity contribution in [3.63, 3.8) is 0 Å². The standard InChI is InChI=1S/C26H40N2O8.C26H42N2O7/c1-17(2)28(20-13-19(24(30)31)15-27(16-20)25(32)36-26(3,4)5)23(29)18-9-10-21(34-7)22(14-18)35-12-8-11-33-6;1-18(2)28(21-13-19(17-29)15-27(16-21)25(31)35-26(3,4)5)24(30)20-9-10-22(33-7)23(14-20)34-12-8-11-32-6/h9-10,14,17,19-20H,8,11-13,15-16H2,1-7H3,(H,30,31);9-10,14,18-19,21,29H,8,11-13,15-17H2,1-7H3/t19-,20?;19-,21?/m00/s1. The number of aliphatic hydroxyl groups is 1. The molecule has 2 heterocycles. The van der Waals surface area contributed by atoms with Crippen molar-refractivity contribution in [3.05, 3.63) is 47.5 Å². The van der Waals surface area contributed by atoms with Gasteiger partial charge in [0, 0.05) is 102 Å². The van der Waals surface area contributed by atoms with Crippen molar-refractivity contribution in [3.8, 4) is 23.0 Å². The number of aliphatic carboxylic acids is 1. The average molecular weight is 1000 g/mol. The minimum Gasteiger partial charge on any atom is -0.493 e. The number of hydrogen-bond donors (Lipinski definition) is 2. The average Bonchev–Trinajstić information content (AvgIpc) is 3.30. The number of carbonyl (C=O) groups is 5. The minimum absolute atomic E-state index is 0.0306. The van der Waals surface area contributed by atoms with Gasteiger partial charge in [-0.25, -0.2) is 9.59 Å². The van der Waals surface area contributed by atoms with Gasteiger partial charge in [-0.15, -0.1) is 0 Å². The van der Waals surface area contributed by atoms with E-state index >= 15 is 0 Å². The zero-order valence-corrected chi connectivity index (χ0v) is 44.6. The zero-order valence-electron chi connectivity index (χ0n) is 44.6. The van der Waals surface area contributed by atoms with E-state index < -0.39 is 41.3 Å². The molecule has 2 N–H and O–H groups in total. The molecule has 2 aliphatic rings. The lowest BCUT2D eigenvalue weighted by atomic mass is 9.92. The molecular weight excluding hydrogens is 921 g/mol. The summed E-state index contributed by atoms with van der Waals surface area (Å²) >= 11 is 0. The van der Waals surface area contributed by atoms with Crippen LogP contribution < -0.4 is 18.9 Å². The summed E-state index contributed by atoms with van der Waals surface area (Å²) in [5.41, 5.74) is -0.502. The van der Waals surface area contributed by atoms with Crippen LogP contribution in [-0.4, -0.2) is 183 Å². The van der Waals surface area contributed by atoms with Crippen LogP contribution in [0.4, 0.5) is 9.59 Å². The molecule has 2 aromatic carbocycles. The molecule has 0 saturated carbocycles. The Labute approximate surface area is 420 Å². The number of ether oxygens (including phenoxy) is 8. The van der Waals surface area contributed by atoms with E-state index in [0.29, 0.717) is 92.9 Å². The van der Waals surface area contributed by atoms with Gasteiger partial charge in [-0.1, -0.05) is 0 Å². The number of nitrogens with zero attached hydrogens (tertiary/aromatic N) is 4. The summed E-state index contributed by atoms with van der Waals surface area (Å²) in [7, 11) is 6.33. The third kappa shape index (κ3) is 18.5. The van der Waals surface area contributed by atoms with E-state index in [4.69, 9.17) is 37.9 Å². The lowest BCUT2D eigenvalue weighted by Crippen LogP contribution is -2.57. The number of aliphatic hydroxyl groups excluding tert-OH is 1. The van der Waals surface area contributed by atoms with Crippen LogP contribution in [0, 0.1) is 11.8 Å². The zero-order chi connectivity index (χ0) is 53.2. The molecule has 4 amide bonds. The van der Waals surface area contributed by atoms with Crippen LogP contribution in [0.5, 0.6) is 23.0 Å². The molecule has 0 radical (unpaired) electrons. The third-order valence-corrected chi connectivity index (χ3v) is 11.5. The Kier molecular flexibility index (Phi) is 23.5. The molecule has 0 aliphatic carbocycles. The molecule has 0 spiro atoms. The number of piperidine rings is 2.